The van der Waals surface area contributed by atoms with Gasteiger partial charge in [-0.05, 0) is 30.7 Å². The van der Waals surface area contributed by atoms with Crippen LogP contribution in [-0.4, -0.2) is 22.0 Å². The lowest BCUT2D eigenvalue weighted by molar-refractivity contribution is 0.0518. The van der Waals surface area contributed by atoms with Crippen LogP contribution in [0.1, 0.15) is 23.0 Å². The van der Waals surface area contributed by atoms with E-state index in [0.29, 0.717) is 17.9 Å². The number of fused-ring (bicyclic) bond motifs is 1. The average molecular weight is 241 g/mol. The van der Waals surface area contributed by atoms with Gasteiger partial charge >= 0.3 is 5.97 Å². The zero-order valence-electron chi connectivity index (χ0n) is 9.83. The van der Waals surface area contributed by atoms with Gasteiger partial charge in [0.25, 0.3) is 0 Å². The second kappa shape index (κ2) is 5.15. The molecule has 2 aromatic rings. The summed E-state index contributed by atoms with van der Waals surface area (Å²) >= 11 is 0. The van der Waals surface area contributed by atoms with Crippen LogP contribution in [0.2, 0.25) is 0 Å². The Morgan fingerprint density at radius 2 is 2.44 bits per heavy atom. The highest BCUT2D eigenvalue weighted by molar-refractivity contribution is 5.88. The van der Waals surface area contributed by atoms with Crippen molar-refractivity contribution < 1.29 is 9.53 Å². The number of aromatic nitrogens is 2. The second-order valence-corrected chi connectivity index (χ2v) is 3.52. The minimum atomic E-state index is -0.411. The fraction of sp³-hybridized carbons (Fsp3) is 0.154. The molecule has 0 aliphatic rings. The quantitative estimate of drug-likeness (QED) is 0.609. The molecular formula is C13H11N3O2. The molecule has 0 aliphatic carbocycles. The standard InChI is InChI=1S/C13H11N3O2/c1-2-18-13(17)11-8-15-12-6-5-10(4-3-7-14)9-16(11)12/h3-6,8-9H,2H2,1H3/b4-3+. The third-order valence-electron chi connectivity index (χ3n) is 2.36. The lowest BCUT2D eigenvalue weighted by Crippen LogP contribution is -2.07. The van der Waals surface area contributed by atoms with Gasteiger partial charge in [0.15, 0.2) is 5.69 Å². The van der Waals surface area contributed by atoms with Crippen molar-refractivity contribution in [3.05, 3.63) is 41.9 Å². The van der Waals surface area contributed by atoms with Crippen LogP contribution in [0.5, 0.6) is 0 Å². The van der Waals surface area contributed by atoms with Crippen molar-refractivity contribution in [2.75, 3.05) is 6.61 Å². The van der Waals surface area contributed by atoms with Gasteiger partial charge in [-0.2, -0.15) is 5.26 Å². The maximum atomic E-state index is 11.7. The molecule has 0 bridgehead atoms. The van der Waals surface area contributed by atoms with Gasteiger partial charge in [-0.1, -0.05) is 0 Å². The van der Waals surface area contributed by atoms with Gasteiger partial charge < -0.3 is 4.74 Å². The van der Waals surface area contributed by atoms with Gasteiger partial charge in [-0.25, -0.2) is 9.78 Å². The van der Waals surface area contributed by atoms with E-state index in [4.69, 9.17) is 10.00 Å². The third-order valence-corrected chi connectivity index (χ3v) is 2.36. The number of allylic oxidation sites excluding steroid dienone is 1. The van der Waals surface area contributed by atoms with E-state index < -0.39 is 5.97 Å². The number of nitrogens with zero attached hydrogens (tertiary/aromatic N) is 3. The molecule has 0 saturated heterocycles. The maximum absolute atomic E-state index is 11.7. The normalized spacial score (nSPS) is 10.7. The van der Waals surface area contributed by atoms with E-state index in [2.05, 4.69) is 4.98 Å². The molecule has 18 heavy (non-hydrogen) atoms. The number of nitriles is 1. The first-order valence-electron chi connectivity index (χ1n) is 5.46. The number of hydrogen-bond donors (Lipinski definition) is 0. The molecule has 0 N–H and O–H groups in total. The summed E-state index contributed by atoms with van der Waals surface area (Å²) in [7, 11) is 0. The Kier molecular flexibility index (Phi) is 3.39. The summed E-state index contributed by atoms with van der Waals surface area (Å²) in [4.78, 5) is 15.8. The van der Waals surface area contributed by atoms with Crippen LogP contribution in [0.4, 0.5) is 0 Å². The Balaban J connectivity index is 2.47. The molecule has 2 aromatic heterocycles. The summed E-state index contributed by atoms with van der Waals surface area (Å²) < 4.78 is 6.59. The van der Waals surface area contributed by atoms with Crippen LogP contribution >= 0.6 is 0 Å². The fourth-order valence-corrected chi connectivity index (χ4v) is 1.59. The molecule has 0 fully saturated rings. The van der Waals surface area contributed by atoms with Gasteiger partial charge in [0.2, 0.25) is 0 Å². The molecule has 0 spiro atoms. The molecule has 0 aliphatic heterocycles. The van der Waals surface area contributed by atoms with E-state index in [-0.39, 0.29) is 0 Å². The molecule has 5 nitrogen and oxygen atoms in total. The van der Waals surface area contributed by atoms with Crippen LogP contribution < -0.4 is 0 Å². The SMILES string of the molecule is CCOC(=O)c1cnc2ccc(/C=C/C#N)cn12. The predicted octanol–water partition coefficient (Wildman–Crippen LogP) is 2.05. The summed E-state index contributed by atoms with van der Waals surface area (Å²) in [5.74, 6) is -0.411. The van der Waals surface area contributed by atoms with E-state index in [0.717, 1.165) is 5.56 Å². The number of carbonyl (C=O) groups excluding carboxylic acids is 1. The van der Waals surface area contributed by atoms with Crippen LogP contribution in [-0.2, 0) is 4.74 Å². The van der Waals surface area contributed by atoms with E-state index in [1.807, 2.05) is 12.1 Å². The lowest BCUT2D eigenvalue weighted by atomic mass is 10.2. The average Bonchev–Trinajstić information content (AvgIpc) is 2.79. The molecule has 0 radical (unpaired) electrons. The number of pyridine rings is 1. The lowest BCUT2D eigenvalue weighted by Gasteiger charge is -2.02. The second-order valence-electron chi connectivity index (χ2n) is 3.52. The van der Waals surface area contributed by atoms with Crippen LogP contribution in [0.25, 0.3) is 11.7 Å². The third kappa shape index (κ3) is 2.23. The summed E-state index contributed by atoms with van der Waals surface area (Å²) in [6, 6.07) is 5.52. The molecule has 0 atom stereocenters. The van der Waals surface area contributed by atoms with E-state index in [1.54, 1.807) is 29.7 Å². The number of carbonyl (C=O) groups is 1. The molecule has 2 heterocycles. The number of hydrogen-bond acceptors (Lipinski definition) is 4. The van der Waals surface area contributed by atoms with Gasteiger partial charge in [-0.15, -0.1) is 0 Å². The topological polar surface area (TPSA) is 67.4 Å². The Labute approximate surface area is 104 Å². The summed E-state index contributed by atoms with van der Waals surface area (Å²) in [5, 5.41) is 8.48. The van der Waals surface area contributed by atoms with Crippen molar-refractivity contribution in [3.63, 3.8) is 0 Å². The zero-order valence-corrected chi connectivity index (χ0v) is 9.83. The van der Waals surface area contributed by atoms with E-state index in [9.17, 15) is 4.79 Å². The first kappa shape index (κ1) is 11.9. The molecule has 0 unspecified atom stereocenters. The number of esters is 1. The van der Waals surface area contributed by atoms with Crippen molar-refractivity contribution in [1.82, 2.24) is 9.38 Å². The smallest absolute Gasteiger partial charge is 0.356 e. The highest BCUT2D eigenvalue weighted by Crippen LogP contribution is 2.11. The largest absolute Gasteiger partial charge is 0.461 e. The van der Waals surface area contributed by atoms with Gasteiger partial charge in [-0.3, -0.25) is 4.40 Å². The van der Waals surface area contributed by atoms with Gasteiger partial charge in [0, 0.05) is 12.3 Å². The minimum absolute atomic E-state index is 0.320. The Bertz CT molecular complexity index is 650. The molecule has 2 rings (SSSR count). The zero-order chi connectivity index (χ0) is 13.0. The number of ether oxygens (including phenoxy) is 1. The van der Waals surface area contributed by atoms with Crippen molar-refractivity contribution in [3.8, 4) is 6.07 Å². The molecule has 0 saturated carbocycles. The van der Waals surface area contributed by atoms with Gasteiger partial charge in [0.05, 0.1) is 18.9 Å². The summed E-state index contributed by atoms with van der Waals surface area (Å²) in [5.41, 5.74) is 1.85. The number of imidazole rings is 1. The van der Waals surface area contributed by atoms with Crippen molar-refractivity contribution >= 4 is 17.7 Å². The molecule has 5 heteroatoms. The van der Waals surface area contributed by atoms with E-state index in [1.165, 1.54) is 12.3 Å². The Morgan fingerprint density at radius 3 is 3.17 bits per heavy atom. The maximum Gasteiger partial charge on any atom is 0.356 e. The molecule has 0 aromatic carbocycles. The summed E-state index contributed by atoms with van der Waals surface area (Å²) in [6.07, 6.45) is 6.25. The van der Waals surface area contributed by atoms with Crippen LogP contribution in [0, 0.1) is 11.3 Å². The van der Waals surface area contributed by atoms with Crippen LogP contribution in [0.15, 0.2) is 30.6 Å². The molecular weight excluding hydrogens is 230 g/mol. The monoisotopic (exact) mass is 241 g/mol. The van der Waals surface area contributed by atoms with E-state index >= 15 is 0 Å². The van der Waals surface area contributed by atoms with Crippen LogP contribution in [0.3, 0.4) is 0 Å². The highest BCUT2D eigenvalue weighted by Gasteiger charge is 2.12. The fourth-order valence-electron chi connectivity index (χ4n) is 1.59. The number of rotatable bonds is 3. The molecule has 0 amide bonds. The van der Waals surface area contributed by atoms with Crippen molar-refractivity contribution in [2.24, 2.45) is 0 Å². The summed E-state index contributed by atoms with van der Waals surface area (Å²) in [6.45, 7) is 2.07. The Morgan fingerprint density at radius 1 is 1.61 bits per heavy atom. The highest BCUT2D eigenvalue weighted by atomic mass is 16.5. The van der Waals surface area contributed by atoms with Gasteiger partial charge in [0.1, 0.15) is 5.65 Å². The van der Waals surface area contributed by atoms with Crippen molar-refractivity contribution in [1.29, 1.82) is 5.26 Å². The Hall–Kier alpha value is -2.61. The minimum Gasteiger partial charge on any atom is -0.461 e. The predicted molar refractivity (Wildman–Crippen MR) is 65.8 cm³/mol. The first-order chi connectivity index (χ1) is 8.76. The molecule has 90 valence electrons. The van der Waals surface area contributed by atoms with Crippen molar-refractivity contribution in [2.45, 2.75) is 6.92 Å². The first-order valence-corrected chi connectivity index (χ1v) is 5.46.